The van der Waals surface area contributed by atoms with Crippen molar-refractivity contribution in [2.45, 2.75) is 32.3 Å². The fraction of sp³-hybridized carbons (Fsp3) is 0.300. The lowest BCUT2D eigenvalue weighted by Gasteiger charge is -2.16. The molecule has 0 bridgehead atoms. The molecule has 30 heavy (non-hydrogen) atoms. The van der Waals surface area contributed by atoms with Crippen LogP contribution in [-0.2, 0) is 17.9 Å². The van der Waals surface area contributed by atoms with Crippen LogP contribution >= 0.6 is 24.0 Å². The first kappa shape index (κ1) is 23.8. The number of nitrogens with two attached hydrogens (primary N) is 1. The highest BCUT2D eigenvalue weighted by Gasteiger charge is 2.32. The second-order valence-corrected chi connectivity index (χ2v) is 6.61. The summed E-state index contributed by atoms with van der Waals surface area (Å²) in [6.07, 6.45) is -3.34. The van der Waals surface area contributed by atoms with Crippen LogP contribution in [0.1, 0.15) is 24.0 Å². The van der Waals surface area contributed by atoms with Crippen LogP contribution in [0, 0.1) is 0 Å². The van der Waals surface area contributed by atoms with E-state index in [0.717, 1.165) is 24.1 Å². The van der Waals surface area contributed by atoms with Crippen LogP contribution in [0.5, 0.6) is 5.75 Å². The number of para-hydroxylation sites is 2. The number of nitrogens with one attached hydrogen (secondary N) is 1. The third-order valence-electron chi connectivity index (χ3n) is 4.34. The quantitative estimate of drug-likeness (QED) is 0.330. The molecule has 1 saturated heterocycles. The number of rotatable bonds is 6. The van der Waals surface area contributed by atoms with Gasteiger partial charge >= 0.3 is 6.36 Å². The number of halogens is 4. The molecule has 0 spiro atoms. The van der Waals surface area contributed by atoms with Gasteiger partial charge in [-0.05, 0) is 29.7 Å². The number of benzene rings is 2. The van der Waals surface area contributed by atoms with Crippen LogP contribution < -0.4 is 15.8 Å². The van der Waals surface area contributed by atoms with Crippen molar-refractivity contribution in [2.75, 3.05) is 11.9 Å². The van der Waals surface area contributed by atoms with E-state index in [1.165, 1.54) is 18.2 Å². The number of hydrogen-bond acceptors (Lipinski definition) is 3. The maximum absolute atomic E-state index is 12.5. The average molecular weight is 534 g/mol. The van der Waals surface area contributed by atoms with Gasteiger partial charge < -0.3 is 20.7 Å². The monoisotopic (exact) mass is 534 g/mol. The number of hydrogen-bond donors (Lipinski definition) is 2. The van der Waals surface area contributed by atoms with Gasteiger partial charge in [-0.25, -0.2) is 4.99 Å². The van der Waals surface area contributed by atoms with Crippen molar-refractivity contribution in [3.8, 4) is 5.75 Å². The van der Waals surface area contributed by atoms with Crippen molar-refractivity contribution in [2.24, 2.45) is 10.7 Å². The van der Waals surface area contributed by atoms with Crippen molar-refractivity contribution in [1.82, 2.24) is 4.90 Å². The van der Waals surface area contributed by atoms with Gasteiger partial charge in [0.15, 0.2) is 11.7 Å². The lowest BCUT2D eigenvalue weighted by molar-refractivity contribution is -0.274. The minimum absolute atomic E-state index is 0. The van der Waals surface area contributed by atoms with E-state index in [1.807, 2.05) is 29.2 Å². The Morgan fingerprint density at radius 2 is 1.90 bits per heavy atom. The van der Waals surface area contributed by atoms with Gasteiger partial charge in [-0.15, -0.1) is 37.1 Å². The smallest absolute Gasteiger partial charge is 0.404 e. The fourth-order valence-corrected chi connectivity index (χ4v) is 3.06. The third kappa shape index (κ3) is 7.08. The third-order valence-corrected chi connectivity index (χ3v) is 4.34. The van der Waals surface area contributed by atoms with Crippen LogP contribution in [0.3, 0.4) is 0 Å². The van der Waals surface area contributed by atoms with Crippen molar-refractivity contribution in [1.29, 1.82) is 0 Å². The molecule has 3 N–H and O–H groups in total. The number of alkyl halides is 3. The van der Waals surface area contributed by atoms with E-state index in [4.69, 9.17) is 5.73 Å². The molecular formula is C20H22F3IN4O2. The van der Waals surface area contributed by atoms with Crippen LogP contribution in [-0.4, -0.2) is 29.7 Å². The molecule has 1 fully saturated rings. The molecule has 10 heteroatoms. The molecule has 0 aliphatic carbocycles. The number of carbonyl (C=O) groups is 1. The van der Waals surface area contributed by atoms with Gasteiger partial charge in [0.2, 0.25) is 5.91 Å². The van der Waals surface area contributed by atoms with Crippen molar-refractivity contribution in [3.05, 3.63) is 59.7 Å². The van der Waals surface area contributed by atoms with Gasteiger partial charge in [0.1, 0.15) is 0 Å². The van der Waals surface area contributed by atoms with Gasteiger partial charge in [-0.2, -0.15) is 0 Å². The Bertz CT molecular complexity index is 906. The molecule has 0 atom stereocenters. The summed E-state index contributed by atoms with van der Waals surface area (Å²) < 4.78 is 41.5. The summed E-state index contributed by atoms with van der Waals surface area (Å²) in [6, 6.07) is 13.2. The molecule has 0 radical (unpaired) electrons. The van der Waals surface area contributed by atoms with E-state index < -0.39 is 12.1 Å². The van der Waals surface area contributed by atoms with E-state index in [1.54, 1.807) is 6.07 Å². The van der Waals surface area contributed by atoms with Crippen molar-refractivity contribution < 1.29 is 22.7 Å². The summed E-state index contributed by atoms with van der Waals surface area (Å²) in [4.78, 5) is 17.8. The first-order valence-electron chi connectivity index (χ1n) is 9.07. The Morgan fingerprint density at radius 1 is 1.17 bits per heavy atom. The van der Waals surface area contributed by atoms with E-state index in [2.05, 4.69) is 15.0 Å². The lowest BCUT2D eigenvalue weighted by Crippen LogP contribution is -2.24. The minimum atomic E-state index is -4.80. The summed E-state index contributed by atoms with van der Waals surface area (Å²) in [5.74, 6) is -0.277. The van der Waals surface area contributed by atoms with Crippen molar-refractivity contribution in [3.63, 3.8) is 0 Å². The maximum Gasteiger partial charge on any atom is 0.573 e. The normalized spacial score (nSPS) is 14.4. The molecule has 0 saturated carbocycles. The molecule has 162 valence electrons. The Labute approximate surface area is 189 Å². The van der Waals surface area contributed by atoms with Crippen molar-refractivity contribution >= 4 is 41.5 Å². The standard InChI is InChI=1S/C20H21F3N4O2.HI/c21-20(22,23)29-17-8-2-1-7-16(17)26-19(24)25-12-14-5-3-6-15(11-14)13-27-10-4-9-18(27)28;/h1-3,5-8,11H,4,9-10,12-13H2,(H3,24,25,26);1H. The summed E-state index contributed by atoms with van der Waals surface area (Å²) in [6.45, 7) is 1.55. The van der Waals surface area contributed by atoms with Gasteiger partial charge in [0.05, 0.1) is 12.2 Å². The minimum Gasteiger partial charge on any atom is -0.404 e. The topological polar surface area (TPSA) is 80.0 Å². The molecule has 6 nitrogen and oxygen atoms in total. The van der Waals surface area contributed by atoms with Gasteiger partial charge in [0.25, 0.3) is 0 Å². The first-order chi connectivity index (χ1) is 13.8. The number of aliphatic imine (C=N–C) groups is 1. The van der Waals surface area contributed by atoms with Gasteiger partial charge in [-0.3, -0.25) is 4.79 Å². The summed E-state index contributed by atoms with van der Waals surface area (Å²) >= 11 is 0. The predicted molar refractivity (Wildman–Crippen MR) is 119 cm³/mol. The highest BCUT2D eigenvalue weighted by Crippen LogP contribution is 2.29. The highest BCUT2D eigenvalue weighted by atomic mass is 127. The molecule has 0 unspecified atom stereocenters. The number of amides is 1. The van der Waals surface area contributed by atoms with Crippen LogP contribution in [0.25, 0.3) is 0 Å². The number of guanidine groups is 1. The highest BCUT2D eigenvalue weighted by molar-refractivity contribution is 14.0. The number of anilines is 1. The maximum atomic E-state index is 12.5. The fourth-order valence-electron chi connectivity index (χ4n) is 3.06. The van der Waals surface area contributed by atoms with E-state index >= 15 is 0 Å². The van der Waals surface area contributed by atoms with Gasteiger partial charge in [-0.1, -0.05) is 36.4 Å². The first-order valence-corrected chi connectivity index (χ1v) is 9.07. The van der Waals surface area contributed by atoms with Gasteiger partial charge in [0, 0.05) is 19.5 Å². The molecule has 1 aliphatic rings. The SMILES string of the molecule is I.NC(=NCc1cccc(CN2CCCC2=O)c1)Nc1ccccc1OC(F)(F)F. The Kier molecular flexibility index (Phi) is 8.33. The number of ether oxygens (including phenoxy) is 1. The molecule has 1 heterocycles. The molecular weight excluding hydrogens is 512 g/mol. The summed E-state index contributed by atoms with van der Waals surface area (Å²) in [7, 11) is 0. The van der Waals surface area contributed by atoms with Crippen LogP contribution in [0.4, 0.5) is 18.9 Å². The number of carbonyl (C=O) groups excluding carboxylic acids is 1. The van der Waals surface area contributed by atoms with E-state index in [9.17, 15) is 18.0 Å². The average Bonchev–Trinajstić information content (AvgIpc) is 3.05. The number of nitrogens with zero attached hydrogens (tertiary/aromatic N) is 2. The predicted octanol–water partition coefficient (Wildman–Crippen LogP) is 4.25. The zero-order valence-electron chi connectivity index (χ0n) is 16.0. The molecule has 1 aliphatic heterocycles. The van der Waals surface area contributed by atoms with Crippen LogP contribution in [0.15, 0.2) is 53.5 Å². The summed E-state index contributed by atoms with van der Waals surface area (Å²) in [5, 5.41) is 2.63. The Hall–Kier alpha value is -2.50. The zero-order valence-corrected chi connectivity index (χ0v) is 18.3. The molecule has 2 aromatic rings. The Morgan fingerprint density at radius 3 is 2.60 bits per heavy atom. The Balaban J connectivity index is 0.00000320. The van der Waals surface area contributed by atoms with E-state index in [0.29, 0.717) is 13.0 Å². The summed E-state index contributed by atoms with van der Waals surface area (Å²) in [5.41, 5.74) is 7.75. The largest absolute Gasteiger partial charge is 0.573 e. The van der Waals surface area contributed by atoms with Crippen LogP contribution in [0.2, 0.25) is 0 Å². The number of likely N-dealkylation sites (tertiary alicyclic amines) is 1. The second kappa shape index (κ2) is 10.5. The molecule has 3 rings (SSSR count). The lowest BCUT2D eigenvalue weighted by atomic mass is 10.1. The molecule has 0 aromatic heterocycles. The molecule has 2 aromatic carbocycles. The second-order valence-electron chi connectivity index (χ2n) is 6.61. The van der Waals surface area contributed by atoms with E-state index in [-0.39, 0.29) is 48.1 Å². The molecule has 1 amide bonds. The zero-order chi connectivity index (χ0) is 20.9.